The molecule has 1 aliphatic heterocycles. The fraction of sp³-hybridized carbons (Fsp3) is 0.133. The molecule has 19 heavy (non-hydrogen) atoms. The standard InChI is InChI=1S/C9H11N3S.C6H4/c10-12-9-5-6-11-7-3-1-2-4-8(7)13-9;1-2-6-4-3-5(1)6/h1-4,6,9,12H,5,10H2;1-4H. The van der Waals surface area contributed by atoms with Gasteiger partial charge in [0.2, 0.25) is 0 Å². The Balaban J connectivity index is 0.000000151. The van der Waals surface area contributed by atoms with E-state index in [1.165, 1.54) is 16.0 Å². The Morgan fingerprint density at radius 3 is 2.32 bits per heavy atom. The van der Waals surface area contributed by atoms with Crippen molar-refractivity contribution in [3.05, 3.63) is 48.5 Å². The Hall–Kier alpha value is -1.62. The zero-order chi connectivity index (χ0) is 13.1. The van der Waals surface area contributed by atoms with E-state index < -0.39 is 0 Å². The monoisotopic (exact) mass is 269 g/mol. The van der Waals surface area contributed by atoms with E-state index in [2.05, 4.69) is 40.8 Å². The van der Waals surface area contributed by atoms with Crippen LogP contribution in [0.15, 0.2) is 58.4 Å². The number of aliphatic imine (C=N–C) groups is 1. The highest BCUT2D eigenvalue weighted by molar-refractivity contribution is 8.00. The summed E-state index contributed by atoms with van der Waals surface area (Å²) in [4.78, 5) is 5.52. The molecule has 3 aliphatic rings. The fourth-order valence-electron chi connectivity index (χ4n) is 1.88. The topological polar surface area (TPSA) is 50.4 Å². The highest BCUT2D eigenvalue weighted by atomic mass is 32.2. The molecule has 0 aromatic heterocycles. The van der Waals surface area contributed by atoms with Crippen molar-refractivity contribution in [2.75, 3.05) is 0 Å². The summed E-state index contributed by atoms with van der Waals surface area (Å²) in [5, 5.41) is 0.229. The van der Waals surface area contributed by atoms with E-state index in [9.17, 15) is 0 Å². The van der Waals surface area contributed by atoms with Crippen LogP contribution in [0.3, 0.4) is 0 Å². The van der Waals surface area contributed by atoms with Gasteiger partial charge in [0.15, 0.2) is 0 Å². The summed E-state index contributed by atoms with van der Waals surface area (Å²) in [6, 6.07) is 16.6. The number of para-hydroxylation sites is 1. The Morgan fingerprint density at radius 2 is 1.74 bits per heavy atom. The van der Waals surface area contributed by atoms with Gasteiger partial charge in [-0.05, 0) is 23.3 Å². The molecule has 0 radical (unpaired) electrons. The van der Waals surface area contributed by atoms with E-state index in [0.29, 0.717) is 0 Å². The second-order valence-electron chi connectivity index (χ2n) is 4.37. The number of hydrogen-bond donors (Lipinski definition) is 2. The van der Waals surface area contributed by atoms with Gasteiger partial charge in [0.1, 0.15) is 0 Å². The minimum atomic E-state index is 0.229. The molecule has 3 N–H and O–H groups in total. The van der Waals surface area contributed by atoms with Crippen LogP contribution in [0.4, 0.5) is 5.69 Å². The van der Waals surface area contributed by atoms with E-state index in [-0.39, 0.29) is 5.37 Å². The van der Waals surface area contributed by atoms with Gasteiger partial charge in [-0.1, -0.05) is 36.4 Å². The number of thioether (sulfide) groups is 1. The number of nitrogens with two attached hydrogens (primary N) is 1. The molecule has 4 rings (SSSR count). The summed E-state index contributed by atoms with van der Waals surface area (Å²) >= 11 is 1.72. The quantitative estimate of drug-likeness (QED) is 0.526. The van der Waals surface area contributed by atoms with Crippen molar-refractivity contribution in [2.24, 2.45) is 10.8 Å². The average Bonchev–Trinajstić information content (AvgIpc) is 2.65. The lowest BCUT2D eigenvalue weighted by atomic mass is 9.95. The first-order chi connectivity index (χ1) is 9.36. The lowest BCUT2D eigenvalue weighted by Crippen LogP contribution is -2.32. The number of hydrazine groups is 1. The molecule has 1 unspecified atom stereocenters. The molecule has 96 valence electrons. The molecule has 1 atom stereocenters. The highest BCUT2D eigenvalue weighted by Gasteiger charge is 2.12. The van der Waals surface area contributed by atoms with Gasteiger partial charge >= 0.3 is 0 Å². The van der Waals surface area contributed by atoms with Crippen molar-refractivity contribution < 1.29 is 0 Å². The van der Waals surface area contributed by atoms with Crippen LogP contribution in [0.5, 0.6) is 0 Å². The summed E-state index contributed by atoms with van der Waals surface area (Å²) in [6.07, 6.45) is 2.76. The third-order valence-electron chi connectivity index (χ3n) is 3.09. The molecular formula is C15H15N3S. The van der Waals surface area contributed by atoms with Gasteiger partial charge < -0.3 is 0 Å². The van der Waals surface area contributed by atoms with Crippen LogP contribution in [0.2, 0.25) is 0 Å². The molecule has 1 heterocycles. The number of hydrogen-bond acceptors (Lipinski definition) is 4. The smallest absolute Gasteiger partial charge is 0.0762 e. The van der Waals surface area contributed by atoms with Crippen LogP contribution < -0.4 is 11.3 Å². The Labute approximate surface area is 116 Å². The van der Waals surface area contributed by atoms with Crippen LogP contribution in [-0.4, -0.2) is 11.6 Å². The molecule has 0 fully saturated rings. The number of fused-ring (bicyclic) bond motifs is 2. The molecule has 1 aromatic rings. The SMILES string of the molecule is NNC1CC=Nc2ccccc2S1.c1cc2ccc1-2. The second kappa shape index (κ2) is 5.57. The molecular weight excluding hydrogens is 254 g/mol. The predicted octanol–water partition coefficient (Wildman–Crippen LogP) is 3.34. The van der Waals surface area contributed by atoms with Gasteiger partial charge in [0, 0.05) is 17.5 Å². The van der Waals surface area contributed by atoms with E-state index in [1.807, 2.05) is 24.4 Å². The van der Waals surface area contributed by atoms with Crippen molar-refractivity contribution in [1.82, 2.24) is 5.43 Å². The lowest BCUT2D eigenvalue weighted by Gasteiger charge is -2.10. The van der Waals surface area contributed by atoms with Crippen LogP contribution in [0.1, 0.15) is 6.42 Å². The first kappa shape index (κ1) is 12.4. The van der Waals surface area contributed by atoms with E-state index >= 15 is 0 Å². The highest BCUT2D eigenvalue weighted by Crippen LogP contribution is 2.34. The second-order valence-corrected chi connectivity index (χ2v) is 5.61. The summed E-state index contributed by atoms with van der Waals surface area (Å²) < 4.78 is 0. The minimum absolute atomic E-state index is 0.229. The number of nitrogens with one attached hydrogen (secondary N) is 1. The Morgan fingerprint density at radius 1 is 1.05 bits per heavy atom. The summed E-state index contributed by atoms with van der Waals surface area (Å²) in [5.74, 6) is 5.40. The van der Waals surface area contributed by atoms with Crippen molar-refractivity contribution in [1.29, 1.82) is 0 Å². The van der Waals surface area contributed by atoms with Crippen molar-refractivity contribution in [3.8, 4) is 11.1 Å². The third-order valence-corrected chi connectivity index (χ3v) is 4.30. The third kappa shape index (κ3) is 2.71. The van der Waals surface area contributed by atoms with Crippen LogP contribution in [0.25, 0.3) is 11.1 Å². The molecule has 4 heteroatoms. The van der Waals surface area contributed by atoms with E-state index in [1.54, 1.807) is 11.8 Å². The minimum Gasteiger partial charge on any atom is -0.270 e. The zero-order valence-electron chi connectivity index (χ0n) is 10.4. The maximum Gasteiger partial charge on any atom is 0.0762 e. The summed E-state index contributed by atoms with van der Waals surface area (Å²) in [6.45, 7) is 0. The van der Waals surface area contributed by atoms with Gasteiger partial charge in [-0.15, -0.1) is 11.8 Å². The lowest BCUT2D eigenvalue weighted by molar-refractivity contribution is 0.709. The molecule has 0 saturated heterocycles. The predicted molar refractivity (Wildman–Crippen MR) is 81.6 cm³/mol. The van der Waals surface area contributed by atoms with Crippen molar-refractivity contribution >= 4 is 23.7 Å². The Kier molecular flexibility index (Phi) is 3.64. The van der Waals surface area contributed by atoms with Gasteiger partial charge in [-0.2, -0.15) is 0 Å². The zero-order valence-corrected chi connectivity index (χ0v) is 11.2. The van der Waals surface area contributed by atoms with Crippen LogP contribution in [0, 0.1) is 0 Å². The molecule has 0 bridgehead atoms. The molecule has 0 amide bonds. The van der Waals surface area contributed by atoms with Gasteiger partial charge in [-0.25, -0.2) is 5.43 Å². The van der Waals surface area contributed by atoms with Crippen LogP contribution in [-0.2, 0) is 0 Å². The maximum atomic E-state index is 5.40. The molecule has 2 aliphatic carbocycles. The molecule has 0 spiro atoms. The average molecular weight is 269 g/mol. The fourth-order valence-corrected chi connectivity index (χ4v) is 2.83. The van der Waals surface area contributed by atoms with Gasteiger partial charge in [-0.3, -0.25) is 10.8 Å². The van der Waals surface area contributed by atoms with E-state index in [0.717, 1.165) is 12.1 Å². The van der Waals surface area contributed by atoms with E-state index in [4.69, 9.17) is 5.84 Å². The normalized spacial score (nSPS) is 17.8. The van der Waals surface area contributed by atoms with Crippen molar-refractivity contribution in [2.45, 2.75) is 16.7 Å². The largest absolute Gasteiger partial charge is 0.270 e. The Bertz CT molecular complexity index is 572. The molecule has 0 saturated carbocycles. The summed E-state index contributed by atoms with van der Waals surface area (Å²) in [7, 11) is 0. The number of nitrogens with zero attached hydrogens (tertiary/aromatic N) is 1. The van der Waals surface area contributed by atoms with Crippen LogP contribution >= 0.6 is 11.8 Å². The molecule has 3 nitrogen and oxygen atoms in total. The summed E-state index contributed by atoms with van der Waals surface area (Å²) in [5.41, 5.74) is 6.64. The number of rotatable bonds is 1. The van der Waals surface area contributed by atoms with Gasteiger partial charge in [0.05, 0.1) is 11.1 Å². The van der Waals surface area contributed by atoms with Crippen molar-refractivity contribution in [3.63, 3.8) is 0 Å². The first-order valence-electron chi connectivity index (χ1n) is 6.21. The molecule has 1 aromatic carbocycles. The first-order valence-corrected chi connectivity index (χ1v) is 7.09. The van der Waals surface area contributed by atoms with Gasteiger partial charge in [0.25, 0.3) is 0 Å². The maximum absolute atomic E-state index is 5.40. The number of benzene rings is 2.